The summed E-state index contributed by atoms with van der Waals surface area (Å²) in [4.78, 5) is 1.07. The SMILES string of the molecule is COc1cccc(F)c1C(N)c1cc(Br)sc1C. The van der Waals surface area contributed by atoms with Gasteiger partial charge in [-0.1, -0.05) is 6.07 Å². The molecule has 0 fully saturated rings. The van der Waals surface area contributed by atoms with Crippen molar-refractivity contribution in [1.29, 1.82) is 0 Å². The highest BCUT2D eigenvalue weighted by atomic mass is 79.9. The Kier molecular flexibility index (Phi) is 4.04. The maximum atomic E-state index is 13.9. The van der Waals surface area contributed by atoms with Gasteiger partial charge >= 0.3 is 0 Å². The molecule has 0 saturated carbocycles. The van der Waals surface area contributed by atoms with E-state index in [1.54, 1.807) is 23.5 Å². The second-order valence-electron chi connectivity index (χ2n) is 3.90. The van der Waals surface area contributed by atoms with Crippen molar-refractivity contribution in [3.8, 4) is 5.75 Å². The van der Waals surface area contributed by atoms with Crippen molar-refractivity contribution < 1.29 is 9.13 Å². The van der Waals surface area contributed by atoms with E-state index in [4.69, 9.17) is 10.5 Å². The smallest absolute Gasteiger partial charge is 0.132 e. The van der Waals surface area contributed by atoms with Crippen LogP contribution in [0.1, 0.15) is 22.0 Å². The molecule has 2 N–H and O–H groups in total. The number of ether oxygens (including phenoxy) is 1. The largest absolute Gasteiger partial charge is 0.496 e. The fourth-order valence-electron chi connectivity index (χ4n) is 1.92. The van der Waals surface area contributed by atoms with Gasteiger partial charge in [0.05, 0.1) is 22.5 Å². The lowest BCUT2D eigenvalue weighted by atomic mass is 9.99. The maximum Gasteiger partial charge on any atom is 0.132 e. The standard InChI is InChI=1S/C13H13BrFNOS/c1-7-8(6-11(14)18-7)13(16)12-9(15)4-3-5-10(12)17-2/h3-6,13H,16H2,1-2H3. The van der Waals surface area contributed by atoms with E-state index in [0.29, 0.717) is 11.3 Å². The molecule has 0 radical (unpaired) electrons. The number of rotatable bonds is 3. The van der Waals surface area contributed by atoms with Crippen LogP contribution in [0.2, 0.25) is 0 Å². The van der Waals surface area contributed by atoms with E-state index >= 15 is 0 Å². The van der Waals surface area contributed by atoms with E-state index < -0.39 is 6.04 Å². The third-order valence-electron chi connectivity index (χ3n) is 2.80. The van der Waals surface area contributed by atoms with E-state index in [1.807, 2.05) is 13.0 Å². The zero-order chi connectivity index (χ0) is 13.3. The van der Waals surface area contributed by atoms with Gasteiger partial charge in [0.25, 0.3) is 0 Å². The number of methoxy groups -OCH3 is 1. The molecule has 2 nitrogen and oxygen atoms in total. The summed E-state index contributed by atoms with van der Waals surface area (Å²) in [7, 11) is 1.52. The molecule has 18 heavy (non-hydrogen) atoms. The van der Waals surface area contributed by atoms with E-state index in [2.05, 4.69) is 15.9 Å². The Morgan fingerprint density at radius 1 is 1.44 bits per heavy atom. The Morgan fingerprint density at radius 2 is 2.17 bits per heavy atom. The molecule has 1 heterocycles. The van der Waals surface area contributed by atoms with Crippen LogP contribution in [0.25, 0.3) is 0 Å². The first kappa shape index (κ1) is 13.5. The van der Waals surface area contributed by atoms with Gasteiger partial charge in [-0.05, 0) is 46.6 Å². The van der Waals surface area contributed by atoms with Crippen LogP contribution < -0.4 is 10.5 Å². The summed E-state index contributed by atoms with van der Waals surface area (Å²) in [5.74, 6) is 0.132. The summed E-state index contributed by atoms with van der Waals surface area (Å²) in [6.07, 6.45) is 0. The third-order valence-corrected chi connectivity index (χ3v) is 4.37. The zero-order valence-electron chi connectivity index (χ0n) is 10.0. The van der Waals surface area contributed by atoms with E-state index in [0.717, 1.165) is 14.2 Å². The molecule has 2 aromatic rings. The van der Waals surface area contributed by atoms with Crippen molar-refractivity contribution in [2.24, 2.45) is 5.73 Å². The predicted molar refractivity (Wildman–Crippen MR) is 75.7 cm³/mol. The minimum Gasteiger partial charge on any atom is -0.496 e. The molecule has 1 aromatic heterocycles. The molecule has 0 aliphatic heterocycles. The van der Waals surface area contributed by atoms with Crippen molar-refractivity contribution in [3.63, 3.8) is 0 Å². The van der Waals surface area contributed by atoms with Crippen molar-refractivity contribution in [1.82, 2.24) is 0 Å². The summed E-state index contributed by atoms with van der Waals surface area (Å²) in [6, 6.07) is 6.13. The van der Waals surface area contributed by atoms with Crippen molar-refractivity contribution in [2.75, 3.05) is 7.11 Å². The van der Waals surface area contributed by atoms with Gasteiger partial charge in [-0.25, -0.2) is 4.39 Å². The molecule has 0 spiro atoms. The van der Waals surface area contributed by atoms with Gasteiger partial charge in [0.2, 0.25) is 0 Å². The normalized spacial score (nSPS) is 12.5. The molecule has 0 aliphatic carbocycles. The first-order valence-corrected chi connectivity index (χ1v) is 6.99. The first-order valence-electron chi connectivity index (χ1n) is 5.38. The highest BCUT2D eigenvalue weighted by molar-refractivity contribution is 9.11. The molecule has 0 amide bonds. The van der Waals surface area contributed by atoms with E-state index in [-0.39, 0.29) is 5.82 Å². The number of halogens is 2. The van der Waals surface area contributed by atoms with Crippen LogP contribution in [0, 0.1) is 12.7 Å². The molecular weight excluding hydrogens is 317 g/mol. The van der Waals surface area contributed by atoms with Crippen LogP contribution in [0.4, 0.5) is 4.39 Å². The fourth-order valence-corrected chi connectivity index (χ4v) is 3.68. The molecule has 1 atom stereocenters. The Morgan fingerprint density at radius 3 is 2.72 bits per heavy atom. The molecular formula is C13H13BrFNOS. The predicted octanol–water partition coefficient (Wildman–Crippen LogP) is 4.01. The summed E-state index contributed by atoms with van der Waals surface area (Å²) in [5, 5.41) is 0. The third kappa shape index (κ3) is 2.43. The number of aryl methyl sites for hydroxylation is 1. The Labute approximate surface area is 118 Å². The summed E-state index contributed by atoms with van der Waals surface area (Å²) in [6.45, 7) is 1.97. The molecule has 96 valence electrons. The van der Waals surface area contributed by atoms with Crippen LogP contribution >= 0.6 is 27.3 Å². The van der Waals surface area contributed by atoms with Crippen LogP contribution in [-0.4, -0.2) is 7.11 Å². The van der Waals surface area contributed by atoms with E-state index in [9.17, 15) is 4.39 Å². The molecule has 0 saturated heterocycles. The highest BCUT2D eigenvalue weighted by Gasteiger charge is 2.21. The second-order valence-corrected chi connectivity index (χ2v) is 6.53. The minimum atomic E-state index is -0.524. The van der Waals surface area contributed by atoms with Gasteiger partial charge < -0.3 is 10.5 Å². The van der Waals surface area contributed by atoms with Gasteiger partial charge in [0.15, 0.2) is 0 Å². The number of thiophene rings is 1. The second kappa shape index (κ2) is 5.38. The van der Waals surface area contributed by atoms with Gasteiger partial charge in [0, 0.05) is 4.88 Å². The average Bonchev–Trinajstić information content (AvgIpc) is 2.67. The van der Waals surface area contributed by atoms with E-state index in [1.165, 1.54) is 13.2 Å². The monoisotopic (exact) mass is 329 g/mol. The lowest BCUT2D eigenvalue weighted by Gasteiger charge is -2.16. The van der Waals surface area contributed by atoms with Crippen LogP contribution in [0.15, 0.2) is 28.1 Å². The highest BCUT2D eigenvalue weighted by Crippen LogP contribution is 2.36. The number of hydrogen-bond donors (Lipinski definition) is 1. The molecule has 5 heteroatoms. The maximum absolute atomic E-state index is 13.9. The van der Waals surface area contributed by atoms with Crippen molar-refractivity contribution in [2.45, 2.75) is 13.0 Å². The quantitative estimate of drug-likeness (QED) is 0.923. The molecule has 1 unspecified atom stereocenters. The van der Waals surface area contributed by atoms with Gasteiger partial charge in [0.1, 0.15) is 11.6 Å². The summed E-state index contributed by atoms with van der Waals surface area (Å²) >= 11 is 5.00. The van der Waals surface area contributed by atoms with Gasteiger partial charge in [-0.15, -0.1) is 11.3 Å². The number of hydrogen-bond acceptors (Lipinski definition) is 3. The number of benzene rings is 1. The molecule has 0 bridgehead atoms. The van der Waals surface area contributed by atoms with Gasteiger partial charge in [-0.2, -0.15) is 0 Å². The molecule has 2 rings (SSSR count). The fraction of sp³-hybridized carbons (Fsp3) is 0.231. The Balaban J connectivity index is 2.52. The topological polar surface area (TPSA) is 35.2 Å². The first-order chi connectivity index (χ1) is 8.54. The summed E-state index contributed by atoms with van der Waals surface area (Å²) < 4.78 is 20.1. The Hall–Kier alpha value is -0.910. The zero-order valence-corrected chi connectivity index (χ0v) is 12.4. The van der Waals surface area contributed by atoms with Crippen molar-refractivity contribution in [3.05, 3.63) is 49.9 Å². The lowest BCUT2D eigenvalue weighted by Crippen LogP contribution is -2.15. The lowest BCUT2D eigenvalue weighted by molar-refractivity contribution is 0.402. The van der Waals surface area contributed by atoms with Gasteiger partial charge in [-0.3, -0.25) is 0 Å². The van der Waals surface area contributed by atoms with Crippen molar-refractivity contribution >= 4 is 27.3 Å². The summed E-state index contributed by atoms with van der Waals surface area (Å²) in [5.41, 5.74) is 7.48. The Bertz CT molecular complexity index is 570. The van der Waals surface area contributed by atoms with Crippen LogP contribution in [-0.2, 0) is 0 Å². The molecule has 1 aromatic carbocycles. The molecule has 0 aliphatic rings. The van der Waals surface area contributed by atoms with Crippen LogP contribution in [0.5, 0.6) is 5.75 Å². The number of nitrogens with two attached hydrogens (primary N) is 1. The average molecular weight is 330 g/mol. The van der Waals surface area contributed by atoms with Crippen LogP contribution in [0.3, 0.4) is 0 Å². The minimum absolute atomic E-state index is 0.344.